The number of nitrogens with zero attached hydrogens (tertiary/aromatic N) is 3. The number of nitrogens with one attached hydrogen (secondary N) is 1. The molecule has 1 saturated heterocycles. The third-order valence-corrected chi connectivity index (χ3v) is 7.07. The number of hydrogen-bond donors (Lipinski definition) is 1. The molecule has 0 unspecified atom stereocenters. The van der Waals surface area contributed by atoms with Crippen molar-refractivity contribution in [1.29, 1.82) is 0 Å². The van der Waals surface area contributed by atoms with Gasteiger partial charge in [-0.05, 0) is 48.7 Å². The number of thiophene rings is 1. The van der Waals surface area contributed by atoms with Crippen molar-refractivity contribution in [3.63, 3.8) is 0 Å². The van der Waals surface area contributed by atoms with Gasteiger partial charge in [-0.1, -0.05) is 35.9 Å². The Balaban J connectivity index is 1.43. The molecule has 0 bridgehead atoms. The fourth-order valence-corrected chi connectivity index (χ4v) is 5.15. The molecule has 158 valence electrons. The highest BCUT2D eigenvalue weighted by Crippen LogP contribution is 2.32. The lowest BCUT2D eigenvalue weighted by Gasteiger charge is -2.37. The van der Waals surface area contributed by atoms with Crippen LogP contribution in [0.2, 0.25) is 5.02 Å². The topological polar surface area (TPSA) is 52.2 Å². The second-order valence-electron chi connectivity index (χ2n) is 7.99. The van der Waals surface area contributed by atoms with Gasteiger partial charge in [0.25, 0.3) is 5.56 Å². The van der Waals surface area contributed by atoms with E-state index in [-0.39, 0.29) is 5.56 Å². The molecule has 0 radical (unpaired) electrons. The van der Waals surface area contributed by atoms with Crippen LogP contribution >= 0.6 is 22.9 Å². The SMILES string of the molecule is Cc1ccc(C)c(N2CCN(c3nc4c(-c5ccc(Cl)cc5)csc4c(=O)[nH]3)CC2)c1. The van der Waals surface area contributed by atoms with E-state index in [9.17, 15) is 4.79 Å². The second-order valence-corrected chi connectivity index (χ2v) is 9.30. The van der Waals surface area contributed by atoms with Crippen LogP contribution in [0.15, 0.2) is 52.6 Å². The molecule has 0 amide bonds. The zero-order chi connectivity index (χ0) is 21.5. The van der Waals surface area contributed by atoms with Crippen molar-refractivity contribution in [3.05, 3.63) is 74.3 Å². The molecular weight excluding hydrogens is 428 g/mol. The highest BCUT2D eigenvalue weighted by Gasteiger charge is 2.22. The first-order valence-corrected chi connectivity index (χ1v) is 11.6. The van der Waals surface area contributed by atoms with Crippen LogP contribution in [0.5, 0.6) is 0 Å². The van der Waals surface area contributed by atoms with Crippen LogP contribution in [0, 0.1) is 13.8 Å². The highest BCUT2D eigenvalue weighted by atomic mass is 35.5. The number of halogens is 1. The fourth-order valence-electron chi connectivity index (χ4n) is 4.12. The monoisotopic (exact) mass is 450 g/mol. The molecule has 2 aromatic carbocycles. The van der Waals surface area contributed by atoms with Crippen LogP contribution in [0.1, 0.15) is 11.1 Å². The van der Waals surface area contributed by atoms with E-state index in [1.54, 1.807) is 0 Å². The zero-order valence-corrected chi connectivity index (χ0v) is 19.1. The minimum atomic E-state index is -0.0813. The van der Waals surface area contributed by atoms with Gasteiger partial charge in [-0.15, -0.1) is 11.3 Å². The molecule has 0 aliphatic carbocycles. The molecule has 3 heterocycles. The normalized spacial score (nSPS) is 14.4. The molecule has 0 saturated carbocycles. The van der Waals surface area contributed by atoms with Gasteiger partial charge in [0.05, 0.1) is 5.52 Å². The maximum Gasteiger partial charge on any atom is 0.270 e. The molecule has 5 nitrogen and oxygen atoms in total. The molecule has 5 rings (SSSR count). The Morgan fingerprint density at radius 2 is 1.71 bits per heavy atom. The lowest BCUT2D eigenvalue weighted by Crippen LogP contribution is -2.47. The molecule has 2 aromatic heterocycles. The molecule has 0 atom stereocenters. The van der Waals surface area contributed by atoms with Gasteiger partial charge < -0.3 is 9.80 Å². The van der Waals surface area contributed by atoms with Gasteiger partial charge >= 0.3 is 0 Å². The summed E-state index contributed by atoms with van der Waals surface area (Å²) in [6.45, 7) is 7.68. The van der Waals surface area contributed by atoms with Gasteiger partial charge in [0, 0.05) is 47.8 Å². The van der Waals surface area contributed by atoms with E-state index >= 15 is 0 Å². The molecule has 1 aliphatic heterocycles. The minimum absolute atomic E-state index is 0.0813. The Hall–Kier alpha value is -2.83. The average molecular weight is 451 g/mol. The molecule has 1 fully saturated rings. The van der Waals surface area contributed by atoms with E-state index in [1.807, 2.05) is 29.6 Å². The van der Waals surface area contributed by atoms with Gasteiger partial charge in [0.15, 0.2) is 0 Å². The number of H-pyrrole nitrogens is 1. The largest absolute Gasteiger partial charge is 0.368 e. The number of fused-ring (bicyclic) bond motifs is 1. The predicted octanol–water partition coefficient (Wildman–Crippen LogP) is 5.25. The van der Waals surface area contributed by atoms with Crippen molar-refractivity contribution in [3.8, 4) is 11.1 Å². The summed E-state index contributed by atoms with van der Waals surface area (Å²) >= 11 is 7.47. The molecule has 4 aromatic rings. The predicted molar refractivity (Wildman–Crippen MR) is 131 cm³/mol. The number of aromatic amines is 1. The molecule has 1 N–H and O–H groups in total. The quantitative estimate of drug-likeness (QED) is 0.463. The van der Waals surface area contributed by atoms with Crippen LogP contribution < -0.4 is 15.4 Å². The van der Waals surface area contributed by atoms with Gasteiger partial charge in [0.1, 0.15) is 4.70 Å². The van der Waals surface area contributed by atoms with Gasteiger partial charge in [-0.3, -0.25) is 9.78 Å². The van der Waals surface area contributed by atoms with E-state index < -0.39 is 0 Å². The third kappa shape index (κ3) is 3.82. The van der Waals surface area contributed by atoms with Gasteiger partial charge in [-0.2, -0.15) is 0 Å². The Morgan fingerprint density at radius 3 is 2.45 bits per heavy atom. The second kappa shape index (κ2) is 8.02. The van der Waals surface area contributed by atoms with E-state index in [1.165, 1.54) is 28.2 Å². The summed E-state index contributed by atoms with van der Waals surface area (Å²) in [6.07, 6.45) is 0. The lowest BCUT2D eigenvalue weighted by atomic mass is 10.1. The summed E-state index contributed by atoms with van der Waals surface area (Å²) in [5, 5.41) is 2.69. The van der Waals surface area contributed by atoms with Crippen LogP contribution in [0.4, 0.5) is 11.6 Å². The highest BCUT2D eigenvalue weighted by molar-refractivity contribution is 7.17. The van der Waals surface area contributed by atoms with Crippen LogP contribution in [0.25, 0.3) is 21.3 Å². The third-order valence-electron chi connectivity index (χ3n) is 5.85. The average Bonchev–Trinajstić information content (AvgIpc) is 3.21. The first-order chi connectivity index (χ1) is 15.0. The minimum Gasteiger partial charge on any atom is -0.368 e. The molecular formula is C24H23ClN4OS. The number of hydrogen-bond acceptors (Lipinski definition) is 5. The summed E-state index contributed by atoms with van der Waals surface area (Å²) in [5.41, 5.74) is 6.51. The first-order valence-electron chi connectivity index (χ1n) is 10.3. The van der Waals surface area contributed by atoms with E-state index in [4.69, 9.17) is 16.6 Å². The van der Waals surface area contributed by atoms with Crippen molar-refractivity contribution < 1.29 is 0 Å². The first kappa shape index (κ1) is 20.1. The van der Waals surface area contributed by atoms with Crippen molar-refractivity contribution in [2.24, 2.45) is 0 Å². The van der Waals surface area contributed by atoms with E-state index in [0.717, 1.165) is 42.8 Å². The molecule has 0 spiro atoms. The number of anilines is 2. The summed E-state index contributed by atoms with van der Waals surface area (Å²) in [6, 6.07) is 14.2. The maximum absolute atomic E-state index is 12.8. The van der Waals surface area contributed by atoms with Crippen LogP contribution in [-0.2, 0) is 0 Å². The fraction of sp³-hybridized carbons (Fsp3) is 0.250. The summed E-state index contributed by atoms with van der Waals surface area (Å²) < 4.78 is 0.655. The van der Waals surface area contributed by atoms with Crippen LogP contribution in [0.3, 0.4) is 0 Å². The summed E-state index contributed by atoms with van der Waals surface area (Å²) in [4.78, 5) is 25.2. The summed E-state index contributed by atoms with van der Waals surface area (Å²) in [7, 11) is 0. The van der Waals surface area contributed by atoms with Crippen molar-refractivity contribution in [1.82, 2.24) is 9.97 Å². The Bertz CT molecular complexity index is 1300. The van der Waals surface area contributed by atoms with Crippen molar-refractivity contribution in [2.75, 3.05) is 36.0 Å². The Morgan fingerprint density at radius 1 is 1.00 bits per heavy atom. The Labute approximate surface area is 189 Å². The number of piperazine rings is 1. The van der Waals surface area contributed by atoms with Gasteiger partial charge in [-0.25, -0.2) is 4.98 Å². The van der Waals surface area contributed by atoms with E-state index in [0.29, 0.717) is 15.7 Å². The number of benzene rings is 2. The van der Waals surface area contributed by atoms with Crippen molar-refractivity contribution in [2.45, 2.75) is 13.8 Å². The standard InChI is InChI=1S/C24H23ClN4OS/c1-15-3-4-16(2)20(13-15)28-9-11-29(12-10-28)24-26-21-19(14-31-22(21)23(30)27-24)17-5-7-18(25)8-6-17/h3-8,13-14H,9-12H2,1-2H3,(H,26,27,30). The maximum atomic E-state index is 12.8. The number of aryl methyl sites for hydroxylation is 2. The Kier molecular flexibility index (Phi) is 5.20. The van der Waals surface area contributed by atoms with Gasteiger partial charge in [0.2, 0.25) is 5.95 Å². The number of rotatable bonds is 3. The molecule has 31 heavy (non-hydrogen) atoms. The molecule has 7 heteroatoms. The number of aromatic nitrogens is 2. The molecule has 1 aliphatic rings. The van der Waals surface area contributed by atoms with Crippen LogP contribution in [-0.4, -0.2) is 36.1 Å². The van der Waals surface area contributed by atoms with E-state index in [2.05, 4.69) is 46.8 Å². The van der Waals surface area contributed by atoms with Crippen molar-refractivity contribution >= 4 is 44.8 Å². The summed E-state index contributed by atoms with van der Waals surface area (Å²) in [5.74, 6) is 0.645. The smallest absolute Gasteiger partial charge is 0.270 e. The lowest BCUT2D eigenvalue weighted by molar-refractivity contribution is 0.639. The zero-order valence-electron chi connectivity index (χ0n) is 17.5.